The number of aromatic amines is 1. The van der Waals surface area contributed by atoms with Crippen LogP contribution in [-0.4, -0.2) is 34.9 Å². The lowest BCUT2D eigenvalue weighted by Crippen LogP contribution is -2.29. The van der Waals surface area contributed by atoms with Crippen molar-refractivity contribution >= 4 is 0 Å². The van der Waals surface area contributed by atoms with Gasteiger partial charge < -0.3 is 4.74 Å². The third-order valence-corrected chi connectivity index (χ3v) is 2.20. The first-order valence-corrected chi connectivity index (χ1v) is 4.22. The lowest BCUT2D eigenvalue weighted by molar-refractivity contribution is 0.0813. The molecule has 0 aromatic carbocycles. The normalized spacial score (nSPS) is 24.6. The first-order valence-electron chi connectivity index (χ1n) is 4.22. The van der Waals surface area contributed by atoms with Crippen LogP contribution in [0.25, 0.3) is 0 Å². The highest BCUT2D eigenvalue weighted by atomic mass is 16.5. The highest BCUT2D eigenvalue weighted by molar-refractivity contribution is 5.10. The summed E-state index contributed by atoms with van der Waals surface area (Å²) >= 11 is 0. The third kappa shape index (κ3) is 1.43. The number of rotatable bonds is 2. The standard InChI is InChI=1S/C8H13N3O/c1-11-4-2-3-8(11)12-7-5-9-10-6-7/h5-6,8H,2-4H2,1H3,(H,9,10). The van der Waals surface area contributed by atoms with Gasteiger partial charge in [0.05, 0.1) is 12.4 Å². The molecule has 4 heteroatoms. The van der Waals surface area contributed by atoms with Gasteiger partial charge in [-0.2, -0.15) is 5.10 Å². The van der Waals surface area contributed by atoms with Crippen LogP contribution < -0.4 is 4.74 Å². The van der Waals surface area contributed by atoms with E-state index in [4.69, 9.17) is 4.74 Å². The minimum absolute atomic E-state index is 0.239. The average Bonchev–Trinajstić information content (AvgIpc) is 2.65. The Morgan fingerprint density at radius 1 is 1.75 bits per heavy atom. The van der Waals surface area contributed by atoms with Gasteiger partial charge in [0.15, 0.2) is 12.0 Å². The van der Waals surface area contributed by atoms with Crippen molar-refractivity contribution in [2.75, 3.05) is 13.6 Å². The first-order chi connectivity index (χ1) is 5.86. The number of H-pyrrole nitrogens is 1. The van der Waals surface area contributed by atoms with Crippen LogP contribution in [0.3, 0.4) is 0 Å². The molecular weight excluding hydrogens is 154 g/mol. The monoisotopic (exact) mass is 167 g/mol. The smallest absolute Gasteiger partial charge is 0.159 e. The summed E-state index contributed by atoms with van der Waals surface area (Å²) < 4.78 is 5.66. The third-order valence-electron chi connectivity index (χ3n) is 2.20. The van der Waals surface area contributed by atoms with E-state index in [0.29, 0.717) is 0 Å². The van der Waals surface area contributed by atoms with E-state index in [2.05, 4.69) is 22.1 Å². The molecule has 1 unspecified atom stereocenters. The van der Waals surface area contributed by atoms with E-state index in [-0.39, 0.29) is 6.23 Å². The summed E-state index contributed by atoms with van der Waals surface area (Å²) in [6.45, 7) is 1.13. The molecule has 12 heavy (non-hydrogen) atoms. The maximum Gasteiger partial charge on any atom is 0.159 e. The van der Waals surface area contributed by atoms with Gasteiger partial charge in [-0.05, 0) is 19.9 Å². The molecule has 66 valence electrons. The molecule has 2 rings (SSSR count). The van der Waals surface area contributed by atoms with Crippen LogP contribution in [0.15, 0.2) is 12.4 Å². The van der Waals surface area contributed by atoms with Crippen molar-refractivity contribution in [1.82, 2.24) is 15.1 Å². The fraction of sp³-hybridized carbons (Fsp3) is 0.625. The quantitative estimate of drug-likeness (QED) is 0.709. The zero-order valence-corrected chi connectivity index (χ0v) is 7.16. The summed E-state index contributed by atoms with van der Waals surface area (Å²) in [6.07, 6.45) is 6.04. The lowest BCUT2D eigenvalue weighted by Gasteiger charge is -2.19. The molecule has 1 aromatic rings. The minimum atomic E-state index is 0.239. The summed E-state index contributed by atoms with van der Waals surface area (Å²) in [6, 6.07) is 0. The average molecular weight is 167 g/mol. The fourth-order valence-corrected chi connectivity index (χ4v) is 1.49. The highest BCUT2D eigenvalue weighted by Crippen LogP contribution is 2.18. The zero-order valence-electron chi connectivity index (χ0n) is 7.16. The van der Waals surface area contributed by atoms with Crippen molar-refractivity contribution < 1.29 is 4.74 Å². The Morgan fingerprint density at radius 2 is 2.67 bits per heavy atom. The van der Waals surface area contributed by atoms with Gasteiger partial charge in [0.1, 0.15) is 0 Å². The predicted octanol–water partition coefficient (Wildman–Crippen LogP) is 0.840. The Balaban J connectivity index is 1.95. The van der Waals surface area contributed by atoms with Gasteiger partial charge in [-0.25, -0.2) is 0 Å². The van der Waals surface area contributed by atoms with Gasteiger partial charge >= 0.3 is 0 Å². The molecule has 0 radical (unpaired) electrons. The maximum atomic E-state index is 5.66. The molecule has 2 heterocycles. The summed E-state index contributed by atoms with van der Waals surface area (Å²) in [7, 11) is 2.08. The van der Waals surface area contributed by atoms with E-state index in [1.807, 2.05) is 0 Å². The maximum absolute atomic E-state index is 5.66. The molecule has 4 nitrogen and oxygen atoms in total. The Morgan fingerprint density at radius 3 is 3.25 bits per heavy atom. The molecular formula is C8H13N3O. The topological polar surface area (TPSA) is 41.1 Å². The number of nitrogens with zero attached hydrogens (tertiary/aromatic N) is 2. The first kappa shape index (κ1) is 7.61. The Labute approximate surface area is 71.5 Å². The molecule has 0 bridgehead atoms. The molecule has 1 N–H and O–H groups in total. The largest absolute Gasteiger partial charge is 0.472 e. The number of aromatic nitrogens is 2. The van der Waals surface area contributed by atoms with Crippen LogP contribution in [0, 0.1) is 0 Å². The Bertz CT molecular complexity index is 234. The predicted molar refractivity (Wildman–Crippen MR) is 44.9 cm³/mol. The molecule has 1 fully saturated rings. The van der Waals surface area contributed by atoms with E-state index in [1.165, 1.54) is 6.42 Å². The van der Waals surface area contributed by atoms with Crippen molar-refractivity contribution in [1.29, 1.82) is 0 Å². The van der Waals surface area contributed by atoms with Crippen LogP contribution in [-0.2, 0) is 0 Å². The lowest BCUT2D eigenvalue weighted by atomic mass is 10.4. The van der Waals surface area contributed by atoms with Crippen LogP contribution in [0.1, 0.15) is 12.8 Å². The summed E-state index contributed by atoms with van der Waals surface area (Å²) in [5.74, 6) is 0.828. The van der Waals surface area contributed by atoms with Gasteiger partial charge in [0, 0.05) is 6.54 Å². The summed E-state index contributed by atoms with van der Waals surface area (Å²) in [5.41, 5.74) is 0. The van der Waals surface area contributed by atoms with Gasteiger partial charge in [-0.3, -0.25) is 10.00 Å². The molecule has 1 atom stereocenters. The van der Waals surface area contributed by atoms with Crippen LogP contribution in [0.2, 0.25) is 0 Å². The van der Waals surface area contributed by atoms with E-state index >= 15 is 0 Å². The molecule has 1 saturated heterocycles. The number of nitrogens with one attached hydrogen (secondary N) is 1. The van der Waals surface area contributed by atoms with E-state index < -0.39 is 0 Å². The number of hydrogen-bond donors (Lipinski definition) is 1. The summed E-state index contributed by atoms with van der Waals surface area (Å²) in [5, 5.41) is 6.55. The molecule has 1 aliphatic rings. The van der Waals surface area contributed by atoms with E-state index in [1.54, 1.807) is 12.4 Å². The SMILES string of the molecule is CN1CCCC1Oc1cn[nH]c1. The second-order valence-electron chi connectivity index (χ2n) is 3.13. The molecule has 0 amide bonds. The fourth-order valence-electron chi connectivity index (χ4n) is 1.49. The van der Waals surface area contributed by atoms with Crippen molar-refractivity contribution in [3.8, 4) is 5.75 Å². The van der Waals surface area contributed by atoms with Crippen molar-refractivity contribution in [2.24, 2.45) is 0 Å². The van der Waals surface area contributed by atoms with Crippen LogP contribution >= 0.6 is 0 Å². The van der Waals surface area contributed by atoms with Gasteiger partial charge in [-0.15, -0.1) is 0 Å². The number of hydrogen-bond acceptors (Lipinski definition) is 3. The van der Waals surface area contributed by atoms with Crippen LogP contribution in [0.4, 0.5) is 0 Å². The molecule has 1 aromatic heterocycles. The van der Waals surface area contributed by atoms with Gasteiger partial charge in [0.2, 0.25) is 0 Å². The number of ether oxygens (including phenoxy) is 1. The van der Waals surface area contributed by atoms with Crippen LogP contribution in [0.5, 0.6) is 5.75 Å². The zero-order chi connectivity index (χ0) is 8.39. The second-order valence-corrected chi connectivity index (χ2v) is 3.13. The minimum Gasteiger partial charge on any atom is -0.472 e. The highest BCUT2D eigenvalue weighted by Gasteiger charge is 2.22. The molecule has 0 saturated carbocycles. The molecule has 0 aliphatic carbocycles. The van der Waals surface area contributed by atoms with E-state index in [0.717, 1.165) is 18.7 Å². The van der Waals surface area contributed by atoms with Gasteiger partial charge in [-0.1, -0.05) is 0 Å². The van der Waals surface area contributed by atoms with Crippen molar-refractivity contribution in [3.05, 3.63) is 12.4 Å². The Hall–Kier alpha value is -1.03. The molecule has 0 spiro atoms. The van der Waals surface area contributed by atoms with Gasteiger partial charge in [0.25, 0.3) is 0 Å². The van der Waals surface area contributed by atoms with Crippen molar-refractivity contribution in [3.63, 3.8) is 0 Å². The summed E-state index contributed by atoms with van der Waals surface area (Å²) in [4.78, 5) is 2.22. The second kappa shape index (κ2) is 3.15. The molecule has 1 aliphatic heterocycles. The number of likely N-dealkylation sites (tertiary alicyclic amines) is 1. The van der Waals surface area contributed by atoms with E-state index in [9.17, 15) is 0 Å². The Kier molecular flexibility index (Phi) is 1.99. The van der Waals surface area contributed by atoms with Crippen molar-refractivity contribution in [2.45, 2.75) is 19.1 Å².